The van der Waals surface area contributed by atoms with E-state index in [-0.39, 0.29) is 0 Å². The van der Waals surface area contributed by atoms with Crippen LogP contribution in [0.25, 0.3) is 110 Å². The van der Waals surface area contributed by atoms with Crippen molar-refractivity contribution in [2.24, 2.45) is 0 Å². The van der Waals surface area contributed by atoms with Gasteiger partial charge in [-0.05, 0) is 115 Å². The van der Waals surface area contributed by atoms with Crippen LogP contribution in [0.15, 0.2) is 233 Å². The van der Waals surface area contributed by atoms with Crippen molar-refractivity contribution in [1.29, 1.82) is 0 Å². The van der Waals surface area contributed by atoms with Gasteiger partial charge in [-0.25, -0.2) is 0 Å². The summed E-state index contributed by atoms with van der Waals surface area (Å²) in [6.45, 7) is 0. The van der Waals surface area contributed by atoms with Crippen LogP contribution in [0.1, 0.15) is 0 Å². The molecule has 2 heterocycles. The Hall–Kier alpha value is -8.40. The molecule has 0 saturated carbocycles. The predicted octanol–water partition coefficient (Wildman–Crippen LogP) is 17.4. The molecule has 0 fully saturated rings. The van der Waals surface area contributed by atoms with Gasteiger partial charge in [0.25, 0.3) is 0 Å². The van der Waals surface area contributed by atoms with E-state index in [0.29, 0.717) is 0 Å². The van der Waals surface area contributed by atoms with Gasteiger partial charge in [-0.1, -0.05) is 164 Å². The van der Waals surface area contributed by atoms with E-state index in [9.17, 15) is 0 Å². The van der Waals surface area contributed by atoms with Gasteiger partial charge >= 0.3 is 0 Å². The fourth-order valence-electron chi connectivity index (χ4n) is 9.81. The van der Waals surface area contributed by atoms with E-state index in [0.717, 1.165) is 88.6 Å². The number of hydrogen-bond acceptors (Lipinski definition) is 3. The minimum Gasteiger partial charge on any atom is -0.455 e. The second-order valence-electron chi connectivity index (χ2n) is 16.4. The van der Waals surface area contributed by atoms with E-state index in [2.05, 4.69) is 217 Å². The van der Waals surface area contributed by atoms with Crippen LogP contribution >= 0.6 is 0 Å². The molecule has 13 rings (SSSR count). The Morgan fingerprint density at radius 1 is 0.270 bits per heavy atom. The third-order valence-electron chi connectivity index (χ3n) is 12.8. The quantitative estimate of drug-likeness (QED) is 0.157. The minimum absolute atomic E-state index is 0.883. The minimum atomic E-state index is 0.883. The maximum Gasteiger partial charge on any atom is 0.143 e. The SMILES string of the molecule is c1cc(-c2cccc3oc4c5ccccc5ccc4c23)cc(N(c2ccc(-c3ccc4c(ccc5ccccc54)c3)cc2)c2ccc(-c3cccc4c3oc3ccccc34)cc2)c1. The van der Waals surface area contributed by atoms with Gasteiger partial charge in [-0.3, -0.25) is 0 Å². The molecule has 0 saturated heterocycles. The van der Waals surface area contributed by atoms with Crippen molar-refractivity contribution in [2.75, 3.05) is 4.90 Å². The van der Waals surface area contributed by atoms with Crippen molar-refractivity contribution in [3.05, 3.63) is 224 Å². The van der Waals surface area contributed by atoms with Crippen LogP contribution in [-0.2, 0) is 0 Å². The third-order valence-corrected chi connectivity index (χ3v) is 12.8. The number of furan rings is 2. The normalized spacial score (nSPS) is 11.8. The first kappa shape index (κ1) is 35.4. The summed E-state index contributed by atoms with van der Waals surface area (Å²) in [5.74, 6) is 0. The zero-order valence-electron chi connectivity index (χ0n) is 34.1. The lowest BCUT2D eigenvalue weighted by molar-refractivity contribution is 0.670. The average molecular weight is 804 g/mol. The number of hydrogen-bond donors (Lipinski definition) is 0. The largest absolute Gasteiger partial charge is 0.455 e. The Labute approximate surface area is 363 Å². The van der Waals surface area contributed by atoms with Crippen LogP contribution in [0.2, 0.25) is 0 Å². The van der Waals surface area contributed by atoms with Gasteiger partial charge in [0.05, 0.1) is 0 Å². The van der Waals surface area contributed by atoms with Crippen LogP contribution in [-0.4, -0.2) is 0 Å². The van der Waals surface area contributed by atoms with Gasteiger partial charge in [0.15, 0.2) is 0 Å². The molecule has 13 aromatic rings. The monoisotopic (exact) mass is 803 g/mol. The first-order chi connectivity index (χ1) is 31.2. The van der Waals surface area contributed by atoms with E-state index >= 15 is 0 Å². The molecule has 0 spiro atoms. The summed E-state index contributed by atoms with van der Waals surface area (Å²) in [7, 11) is 0. The maximum absolute atomic E-state index is 6.61. The van der Waals surface area contributed by atoms with Gasteiger partial charge in [0, 0.05) is 49.6 Å². The topological polar surface area (TPSA) is 29.5 Å². The highest BCUT2D eigenvalue weighted by atomic mass is 16.3. The van der Waals surface area contributed by atoms with Crippen LogP contribution < -0.4 is 4.90 Å². The fraction of sp³-hybridized carbons (Fsp3) is 0. The number of nitrogens with zero attached hydrogens (tertiary/aromatic N) is 1. The summed E-state index contributed by atoms with van der Waals surface area (Å²) in [6.07, 6.45) is 0. The van der Waals surface area contributed by atoms with E-state index in [1.54, 1.807) is 0 Å². The molecule has 294 valence electrons. The number of rotatable bonds is 6. The van der Waals surface area contributed by atoms with Gasteiger partial charge in [-0.2, -0.15) is 0 Å². The number of benzene rings is 11. The van der Waals surface area contributed by atoms with Crippen molar-refractivity contribution in [1.82, 2.24) is 0 Å². The summed E-state index contributed by atoms with van der Waals surface area (Å²) in [5.41, 5.74) is 13.6. The van der Waals surface area contributed by atoms with Crippen LogP contribution in [0, 0.1) is 0 Å². The van der Waals surface area contributed by atoms with Crippen molar-refractivity contribution >= 4 is 93.3 Å². The molecule has 3 nitrogen and oxygen atoms in total. The highest BCUT2D eigenvalue weighted by Crippen LogP contribution is 2.44. The molecule has 0 radical (unpaired) electrons. The van der Waals surface area contributed by atoms with Gasteiger partial charge in [0.1, 0.15) is 22.3 Å². The number of para-hydroxylation sites is 2. The Kier molecular flexibility index (Phi) is 7.91. The third kappa shape index (κ3) is 5.75. The fourth-order valence-corrected chi connectivity index (χ4v) is 9.81. The van der Waals surface area contributed by atoms with Gasteiger partial charge in [-0.15, -0.1) is 0 Å². The molecule has 0 amide bonds. The Morgan fingerprint density at radius 2 is 0.841 bits per heavy atom. The molecule has 11 aromatic carbocycles. The average Bonchev–Trinajstić information content (AvgIpc) is 3.94. The summed E-state index contributed by atoms with van der Waals surface area (Å²) in [6, 6.07) is 80.5. The molecule has 0 bridgehead atoms. The predicted molar refractivity (Wildman–Crippen MR) is 265 cm³/mol. The molecular weight excluding hydrogens is 767 g/mol. The Balaban J connectivity index is 0.933. The van der Waals surface area contributed by atoms with E-state index in [1.165, 1.54) is 38.1 Å². The molecule has 2 aromatic heterocycles. The highest BCUT2D eigenvalue weighted by Gasteiger charge is 2.19. The molecular formula is C60H37NO2. The van der Waals surface area contributed by atoms with Crippen molar-refractivity contribution < 1.29 is 8.83 Å². The molecule has 0 unspecified atom stereocenters. The lowest BCUT2D eigenvalue weighted by Gasteiger charge is -2.26. The lowest BCUT2D eigenvalue weighted by atomic mass is 9.97. The molecule has 3 heteroatoms. The number of fused-ring (bicyclic) bond motifs is 11. The molecule has 0 aliphatic heterocycles. The standard InChI is InChI=1S/C60H37NO2/c1-3-14-48-39(10-1)22-23-44-36-42(29-34-49(44)48)38-24-30-45(31-25-38)61(46-32-26-41(27-33-46)52-18-8-19-54-53-16-5-6-20-56(53)62-59(52)54)47-13-7-12-43(37-47)50-17-9-21-57-58(50)55-35-28-40-11-2-4-15-51(40)60(55)63-57/h1-37H. The first-order valence-electron chi connectivity index (χ1n) is 21.5. The molecule has 63 heavy (non-hydrogen) atoms. The Bertz CT molecular complexity index is 3910. The van der Waals surface area contributed by atoms with E-state index in [4.69, 9.17) is 8.83 Å². The van der Waals surface area contributed by atoms with E-state index < -0.39 is 0 Å². The van der Waals surface area contributed by atoms with E-state index in [1.807, 2.05) is 12.1 Å². The Morgan fingerprint density at radius 3 is 1.68 bits per heavy atom. The van der Waals surface area contributed by atoms with Gasteiger partial charge < -0.3 is 13.7 Å². The summed E-state index contributed by atoms with van der Waals surface area (Å²) in [5, 5.41) is 11.8. The summed E-state index contributed by atoms with van der Waals surface area (Å²) in [4.78, 5) is 2.35. The van der Waals surface area contributed by atoms with Gasteiger partial charge in [0.2, 0.25) is 0 Å². The molecule has 0 aliphatic carbocycles. The second kappa shape index (κ2) is 14.1. The zero-order chi connectivity index (χ0) is 41.4. The summed E-state index contributed by atoms with van der Waals surface area (Å²) >= 11 is 0. The molecule has 0 aliphatic rings. The van der Waals surface area contributed by atoms with Crippen LogP contribution in [0.4, 0.5) is 17.1 Å². The molecule has 0 N–H and O–H groups in total. The number of anilines is 3. The van der Waals surface area contributed by atoms with Crippen molar-refractivity contribution in [2.45, 2.75) is 0 Å². The first-order valence-corrected chi connectivity index (χ1v) is 21.5. The lowest BCUT2D eigenvalue weighted by Crippen LogP contribution is -2.10. The smallest absolute Gasteiger partial charge is 0.143 e. The van der Waals surface area contributed by atoms with Crippen molar-refractivity contribution in [3.63, 3.8) is 0 Å². The highest BCUT2D eigenvalue weighted by molar-refractivity contribution is 6.19. The van der Waals surface area contributed by atoms with Crippen LogP contribution in [0.3, 0.4) is 0 Å². The summed E-state index contributed by atoms with van der Waals surface area (Å²) < 4.78 is 13.1. The zero-order valence-corrected chi connectivity index (χ0v) is 34.1. The second-order valence-corrected chi connectivity index (χ2v) is 16.4. The maximum atomic E-state index is 6.61. The van der Waals surface area contributed by atoms with Crippen molar-refractivity contribution in [3.8, 4) is 33.4 Å². The molecule has 0 atom stereocenters. The van der Waals surface area contributed by atoms with Crippen LogP contribution in [0.5, 0.6) is 0 Å².